The van der Waals surface area contributed by atoms with Crippen LogP contribution in [0.25, 0.3) is 0 Å². The number of nitrogens with one attached hydrogen (secondary N) is 3. The molecule has 0 amide bonds. The number of nitrogens with zero attached hydrogens (tertiary/aromatic N) is 3. The molecule has 0 saturated carbocycles. The van der Waals surface area contributed by atoms with Crippen molar-refractivity contribution in [2.24, 2.45) is 0 Å². The van der Waals surface area contributed by atoms with Crippen LogP contribution in [-0.2, 0) is 17.5 Å². The number of rotatable bonds is 5. The van der Waals surface area contributed by atoms with Crippen LogP contribution in [0.3, 0.4) is 0 Å². The van der Waals surface area contributed by atoms with Gasteiger partial charge >= 0.3 is 0 Å². The number of anilines is 4. The minimum atomic E-state index is -2.51. The van der Waals surface area contributed by atoms with Crippen molar-refractivity contribution < 1.29 is 4.57 Å². The summed E-state index contributed by atoms with van der Waals surface area (Å²) in [6, 6.07) is 9.18. The van der Waals surface area contributed by atoms with E-state index in [0.717, 1.165) is 30.8 Å². The van der Waals surface area contributed by atoms with Crippen molar-refractivity contribution in [3.05, 3.63) is 63.2 Å². The summed E-state index contributed by atoms with van der Waals surface area (Å²) in [6.07, 6.45) is 2.27. The third-order valence-electron chi connectivity index (χ3n) is 5.13. The fourth-order valence-corrected chi connectivity index (χ4v) is 4.85. The SMILES string of the molecule is CN1CCc2[nH]c(=O)c(Nc3ncc(Cl)c(Nc4ccccc4P(C)(C)=O)n3)cc2C1. The average molecular weight is 459 g/mol. The van der Waals surface area contributed by atoms with Crippen LogP contribution >= 0.6 is 18.7 Å². The van der Waals surface area contributed by atoms with Gasteiger partial charge in [0.2, 0.25) is 5.95 Å². The van der Waals surface area contributed by atoms with Gasteiger partial charge in [-0.1, -0.05) is 23.7 Å². The number of likely N-dealkylation sites (N-methyl/N-ethyl adjacent to an activating group) is 1. The Hall–Kier alpha value is -2.67. The number of hydrogen-bond donors (Lipinski definition) is 3. The van der Waals surface area contributed by atoms with E-state index in [0.29, 0.717) is 27.5 Å². The second kappa shape index (κ2) is 8.46. The summed E-state index contributed by atoms with van der Waals surface area (Å²) in [7, 11) is -0.465. The van der Waals surface area contributed by atoms with Crippen molar-refractivity contribution in [1.29, 1.82) is 0 Å². The summed E-state index contributed by atoms with van der Waals surface area (Å²) in [4.78, 5) is 26.3. The van der Waals surface area contributed by atoms with Gasteiger partial charge in [-0.3, -0.25) is 4.79 Å². The molecule has 1 aromatic carbocycles. The van der Waals surface area contributed by atoms with E-state index in [4.69, 9.17) is 11.6 Å². The molecule has 10 heteroatoms. The van der Waals surface area contributed by atoms with Crippen molar-refractivity contribution in [2.45, 2.75) is 13.0 Å². The van der Waals surface area contributed by atoms with Gasteiger partial charge in [0.05, 0.1) is 11.9 Å². The zero-order valence-corrected chi connectivity index (χ0v) is 19.2. The number of aromatic amines is 1. The fourth-order valence-electron chi connectivity index (χ4n) is 3.55. The first-order valence-electron chi connectivity index (χ1n) is 9.85. The van der Waals surface area contributed by atoms with Gasteiger partial charge in [-0.2, -0.15) is 4.98 Å². The predicted octanol–water partition coefficient (Wildman–Crippen LogP) is 3.54. The van der Waals surface area contributed by atoms with Crippen molar-refractivity contribution in [1.82, 2.24) is 19.9 Å². The molecule has 0 atom stereocenters. The molecule has 4 rings (SSSR count). The smallest absolute Gasteiger partial charge is 0.271 e. The molecule has 162 valence electrons. The molecule has 0 spiro atoms. The maximum atomic E-state index is 12.6. The first kappa shape index (κ1) is 21.6. The number of halogens is 1. The van der Waals surface area contributed by atoms with E-state index in [1.807, 2.05) is 37.4 Å². The number of aromatic nitrogens is 3. The van der Waals surface area contributed by atoms with Crippen LogP contribution in [-0.4, -0.2) is 46.8 Å². The monoisotopic (exact) mass is 458 g/mol. The highest BCUT2D eigenvalue weighted by Crippen LogP contribution is 2.38. The van der Waals surface area contributed by atoms with Gasteiger partial charge in [0.15, 0.2) is 5.82 Å². The minimum Gasteiger partial charge on any atom is -0.338 e. The number of pyridine rings is 1. The number of hydrogen-bond acceptors (Lipinski definition) is 7. The Morgan fingerprint density at radius 2 is 1.97 bits per heavy atom. The van der Waals surface area contributed by atoms with Crippen LogP contribution < -0.4 is 21.5 Å². The number of para-hydroxylation sites is 1. The molecule has 3 N–H and O–H groups in total. The summed E-state index contributed by atoms with van der Waals surface area (Å²) in [5.41, 5.74) is 2.85. The lowest BCUT2D eigenvalue weighted by Gasteiger charge is -2.24. The molecule has 1 aliphatic heterocycles. The third kappa shape index (κ3) is 4.82. The highest BCUT2D eigenvalue weighted by molar-refractivity contribution is 7.70. The van der Waals surface area contributed by atoms with Gasteiger partial charge in [-0.25, -0.2) is 4.98 Å². The molecule has 2 aromatic heterocycles. The van der Waals surface area contributed by atoms with Gasteiger partial charge < -0.3 is 25.1 Å². The molecule has 8 nitrogen and oxygen atoms in total. The number of fused-ring (bicyclic) bond motifs is 1. The molecule has 31 heavy (non-hydrogen) atoms. The van der Waals surface area contributed by atoms with Crippen LogP contribution in [0.1, 0.15) is 11.3 Å². The summed E-state index contributed by atoms with van der Waals surface area (Å²) < 4.78 is 12.6. The van der Waals surface area contributed by atoms with Gasteiger partial charge in [0.25, 0.3) is 5.56 Å². The Morgan fingerprint density at radius 3 is 2.74 bits per heavy atom. The van der Waals surface area contributed by atoms with Crippen molar-refractivity contribution in [3.63, 3.8) is 0 Å². The van der Waals surface area contributed by atoms with Gasteiger partial charge in [-0.05, 0) is 44.1 Å². The summed E-state index contributed by atoms with van der Waals surface area (Å²) >= 11 is 6.30. The van der Waals surface area contributed by atoms with E-state index in [1.54, 1.807) is 13.3 Å². The minimum absolute atomic E-state index is 0.223. The van der Waals surface area contributed by atoms with Crippen LogP contribution in [0.4, 0.5) is 23.1 Å². The Morgan fingerprint density at radius 1 is 1.19 bits per heavy atom. The Labute approximate surface area is 185 Å². The molecule has 0 unspecified atom stereocenters. The summed E-state index contributed by atoms with van der Waals surface area (Å²) in [5, 5.41) is 7.17. The zero-order valence-electron chi connectivity index (χ0n) is 17.6. The molecule has 0 fully saturated rings. The van der Waals surface area contributed by atoms with Crippen LogP contribution in [0.2, 0.25) is 5.02 Å². The second-order valence-electron chi connectivity index (χ2n) is 8.01. The lowest BCUT2D eigenvalue weighted by Crippen LogP contribution is -2.29. The Kier molecular flexibility index (Phi) is 5.88. The second-order valence-corrected chi connectivity index (χ2v) is 11.6. The third-order valence-corrected chi connectivity index (χ3v) is 6.95. The van der Waals surface area contributed by atoms with Crippen LogP contribution in [0, 0.1) is 0 Å². The normalized spacial score (nSPS) is 14.2. The lowest BCUT2D eigenvalue weighted by molar-refractivity contribution is 0.310. The van der Waals surface area contributed by atoms with Crippen LogP contribution in [0.5, 0.6) is 0 Å². The van der Waals surface area contributed by atoms with Crippen molar-refractivity contribution >= 4 is 47.2 Å². The average Bonchev–Trinajstić information content (AvgIpc) is 2.71. The van der Waals surface area contributed by atoms with E-state index < -0.39 is 7.14 Å². The highest BCUT2D eigenvalue weighted by atomic mass is 35.5. The number of benzene rings is 1. The molecular weight excluding hydrogens is 435 g/mol. The zero-order chi connectivity index (χ0) is 22.2. The maximum absolute atomic E-state index is 12.6. The molecule has 0 saturated heterocycles. The highest BCUT2D eigenvalue weighted by Gasteiger charge is 2.18. The molecule has 3 heterocycles. The van der Waals surface area contributed by atoms with E-state index >= 15 is 0 Å². The van der Waals surface area contributed by atoms with E-state index in [2.05, 4.69) is 30.5 Å². The van der Waals surface area contributed by atoms with Gasteiger partial charge in [0.1, 0.15) is 17.9 Å². The quantitative estimate of drug-likeness (QED) is 0.502. The molecule has 1 aliphatic rings. The first-order chi connectivity index (χ1) is 14.7. The van der Waals surface area contributed by atoms with Crippen molar-refractivity contribution in [2.75, 3.05) is 37.6 Å². The van der Waals surface area contributed by atoms with Crippen molar-refractivity contribution in [3.8, 4) is 0 Å². The van der Waals surface area contributed by atoms with E-state index in [9.17, 15) is 9.36 Å². The molecular formula is C21H24ClN6O2P. The Bertz CT molecular complexity index is 1240. The molecule has 0 bridgehead atoms. The van der Waals surface area contributed by atoms with E-state index in [1.165, 1.54) is 6.20 Å². The lowest BCUT2D eigenvalue weighted by atomic mass is 10.1. The fraction of sp³-hybridized carbons (Fsp3) is 0.286. The molecule has 0 radical (unpaired) electrons. The standard InChI is InChI=1S/C21H24ClN6O2P/c1-28-9-8-15-13(12-28)10-17(20(29)25-15)26-21-23-11-14(22)19(27-21)24-16-6-4-5-7-18(16)31(2,3)30/h4-7,10-11H,8-9,12H2,1-3H3,(H,25,29)(H2,23,24,26,27). The number of H-pyrrole nitrogens is 1. The molecule has 0 aliphatic carbocycles. The largest absolute Gasteiger partial charge is 0.338 e. The van der Waals surface area contributed by atoms with E-state index in [-0.39, 0.29) is 11.5 Å². The van der Waals surface area contributed by atoms with Gasteiger partial charge in [0, 0.05) is 30.5 Å². The topological polar surface area (TPSA) is 103 Å². The first-order valence-corrected chi connectivity index (χ1v) is 12.8. The Balaban J connectivity index is 1.64. The van der Waals surface area contributed by atoms with Gasteiger partial charge in [-0.15, -0.1) is 0 Å². The molecule has 3 aromatic rings. The predicted molar refractivity (Wildman–Crippen MR) is 126 cm³/mol. The maximum Gasteiger partial charge on any atom is 0.271 e. The van der Waals surface area contributed by atoms with Crippen LogP contribution in [0.15, 0.2) is 41.3 Å². The summed E-state index contributed by atoms with van der Waals surface area (Å²) in [6.45, 7) is 5.10. The summed E-state index contributed by atoms with van der Waals surface area (Å²) in [5.74, 6) is 0.587.